The highest BCUT2D eigenvalue weighted by atomic mass is 16.5. The number of rotatable bonds is 7. The Balaban J connectivity index is 1.77. The number of anilines is 2. The molecule has 5 rings (SSSR count). The van der Waals surface area contributed by atoms with Crippen molar-refractivity contribution >= 4 is 34.8 Å². The molecule has 1 atom stereocenters. The second kappa shape index (κ2) is 11.0. The molecule has 1 aliphatic heterocycles. The van der Waals surface area contributed by atoms with E-state index in [0.717, 1.165) is 15.7 Å². The van der Waals surface area contributed by atoms with Crippen molar-refractivity contribution in [3.05, 3.63) is 97.3 Å². The highest BCUT2D eigenvalue weighted by Crippen LogP contribution is 2.33. The fraction of sp³-hybridized carbons (Fsp3) is 0.300. The van der Waals surface area contributed by atoms with Gasteiger partial charge in [-0.15, -0.1) is 0 Å². The Morgan fingerprint density at radius 2 is 1.57 bits per heavy atom. The maximum Gasteiger partial charge on any atom is 0.338 e. The van der Waals surface area contributed by atoms with E-state index >= 15 is 0 Å². The van der Waals surface area contributed by atoms with Gasteiger partial charge in [-0.3, -0.25) is 23.4 Å². The summed E-state index contributed by atoms with van der Waals surface area (Å²) < 4.78 is 9.35. The molecular formula is C30H33N7O5. The second-order valence-electron chi connectivity index (χ2n) is 10.3. The van der Waals surface area contributed by atoms with Crippen LogP contribution in [0, 0.1) is 13.8 Å². The fourth-order valence-corrected chi connectivity index (χ4v) is 5.02. The van der Waals surface area contributed by atoms with Crippen LogP contribution in [0.25, 0.3) is 11.2 Å². The molecule has 2 aromatic carbocycles. The van der Waals surface area contributed by atoms with Crippen LogP contribution < -0.4 is 21.9 Å². The highest BCUT2D eigenvalue weighted by molar-refractivity contribution is 5.95. The number of carbonyl (C=O) groups excluding carboxylic acids is 2. The van der Waals surface area contributed by atoms with Gasteiger partial charge < -0.3 is 15.4 Å². The summed E-state index contributed by atoms with van der Waals surface area (Å²) in [5, 5.41) is 6.16. The van der Waals surface area contributed by atoms with Crippen molar-refractivity contribution in [3.63, 3.8) is 0 Å². The zero-order valence-electron chi connectivity index (χ0n) is 24.4. The molecule has 2 aromatic heterocycles. The van der Waals surface area contributed by atoms with Gasteiger partial charge in [-0.05, 0) is 38.5 Å². The van der Waals surface area contributed by atoms with Crippen molar-refractivity contribution in [1.82, 2.24) is 28.9 Å². The van der Waals surface area contributed by atoms with E-state index in [-0.39, 0.29) is 35.8 Å². The molecule has 0 aliphatic carbocycles. The van der Waals surface area contributed by atoms with Gasteiger partial charge >= 0.3 is 17.7 Å². The minimum Gasteiger partial charge on any atom is -0.463 e. The Bertz CT molecular complexity index is 1850. The number of carbonyl (C=O) groups is 2. The number of fused-ring (bicyclic) bond motifs is 1. The molecule has 0 radical (unpaired) electrons. The number of urea groups is 1. The number of amides is 2. The lowest BCUT2D eigenvalue weighted by atomic mass is 9.94. The van der Waals surface area contributed by atoms with E-state index in [1.807, 2.05) is 62.4 Å². The minimum atomic E-state index is -0.793. The van der Waals surface area contributed by atoms with Crippen molar-refractivity contribution < 1.29 is 14.3 Å². The predicted octanol–water partition coefficient (Wildman–Crippen LogP) is 3.01. The molecule has 42 heavy (non-hydrogen) atoms. The van der Waals surface area contributed by atoms with Gasteiger partial charge in [0, 0.05) is 26.8 Å². The lowest BCUT2D eigenvalue weighted by Gasteiger charge is -2.35. The largest absolute Gasteiger partial charge is 0.463 e. The first-order chi connectivity index (χ1) is 20.0. The van der Waals surface area contributed by atoms with E-state index in [9.17, 15) is 19.2 Å². The Labute approximate surface area is 241 Å². The van der Waals surface area contributed by atoms with Crippen LogP contribution in [-0.4, -0.2) is 49.2 Å². The number of aromatic nitrogens is 4. The first-order valence-electron chi connectivity index (χ1n) is 13.5. The van der Waals surface area contributed by atoms with Crippen LogP contribution in [0.5, 0.6) is 0 Å². The summed E-state index contributed by atoms with van der Waals surface area (Å²) >= 11 is 0. The molecule has 1 aliphatic rings. The van der Waals surface area contributed by atoms with Crippen molar-refractivity contribution in [2.75, 3.05) is 19.0 Å². The molecule has 1 unspecified atom stereocenters. The number of hydrogen-bond donors (Lipinski definition) is 2. The van der Waals surface area contributed by atoms with E-state index in [2.05, 4.69) is 15.6 Å². The topological polar surface area (TPSA) is 132 Å². The molecular weight excluding hydrogens is 538 g/mol. The number of likely N-dealkylation sites (N-methyl/N-ethyl adjacent to an activating group) is 1. The van der Waals surface area contributed by atoms with Crippen molar-refractivity contribution in [2.45, 2.75) is 33.4 Å². The third-order valence-electron chi connectivity index (χ3n) is 7.45. The number of esters is 1. The molecule has 2 N–H and O–H groups in total. The van der Waals surface area contributed by atoms with Gasteiger partial charge in [0.05, 0.1) is 30.5 Å². The predicted molar refractivity (Wildman–Crippen MR) is 159 cm³/mol. The molecule has 0 saturated carbocycles. The van der Waals surface area contributed by atoms with Crippen LogP contribution in [0.1, 0.15) is 29.7 Å². The Morgan fingerprint density at radius 3 is 2.19 bits per heavy atom. The van der Waals surface area contributed by atoms with E-state index in [0.29, 0.717) is 16.9 Å². The maximum atomic E-state index is 13.5. The van der Waals surface area contributed by atoms with E-state index in [4.69, 9.17) is 4.74 Å². The number of benzene rings is 2. The molecule has 3 heterocycles. The number of nitrogens with one attached hydrogen (secondary N) is 2. The number of aryl methyl sites for hydroxylation is 3. The lowest BCUT2D eigenvalue weighted by molar-refractivity contribution is -0.139. The minimum absolute atomic E-state index is 0.0986. The second-order valence-corrected chi connectivity index (χ2v) is 10.3. The fourth-order valence-electron chi connectivity index (χ4n) is 5.02. The first-order valence-corrected chi connectivity index (χ1v) is 13.5. The molecule has 12 nitrogen and oxygen atoms in total. The van der Waals surface area contributed by atoms with Gasteiger partial charge in [-0.1, -0.05) is 47.5 Å². The summed E-state index contributed by atoms with van der Waals surface area (Å²) in [6.07, 6.45) is 0. The molecule has 2 amide bonds. The van der Waals surface area contributed by atoms with Crippen molar-refractivity contribution in [2.24, 2.45) is 14.1 Å². The maximum absolute atomic E-state index is 13.5. The van der Waals surface area contributed by atoms with Crippen LogP contribution in [0.15, 0.2) is 69.4 Å². The van der Waals surface area contributed by atoms with Crippen LogP contribution >= 0.6 is 0 Å². The molecule has 218 valence electrons. The summed E-state index contributed by atoms with van der Waals surface area (Å²) in [6, 6.07) is 13.9. The van der Waals surface area contributed by atoms with Crippen LogP contribution in [0.2, 0.25) is 0 Å². The molecule has 0 saturated heterocycles. The SMILES string of the molecule is CCOC(=O)C1=C(Cn2c(Nc3ccc(C)cc3)nc3c2c(=O)n(C)c(=O)n3C)N(C)C(=O)NC1c1ccc(C)cc1. The number of hydrogen-bond acceptors (Lipinski definition) is 7. The Hall–Kier alpha value is -5.13. The van der Waals surface area contributed by atoms with E-state index in [1.54, 1.807) is 18.5 Å². The Kier molecular flexibility index (Phi) is 7.46. The van der Waals surface area contributed by atoms with Gasteiger partial charge in [0.15, 0.2) is 11.2 Å². The van der Waals surface area contributed by atoms with Gasteiger partial charge in [0.2, 0.25) is 5.95 Å². The summed E-state index contributed by atoms with van der Waals surface area (Å²) in [7, 11) is 4.48. The first kappa shape index (κ1) is 28.4. The molecule has 4 aromatic rings. The monoisotopic (exact) mass is 571 g/mol. The van der Waals surface area contributed by atoms with Gasteiger partial charge in [-0.2, -0.15) is 4.98 Å². The van der Waals surface area contributed by atoms with Crippen molar-refractivity contribution in [3.8, 4) is 0 Å². The normalized spacial score (nSPS) is 15.2. The zero-order valence-corrected chi connectivity index (χ0v) is 24.4. The van der Waals surface area contributed by atoms with Gasteiger partial charge in [-0.25, -0.2) is 14.4 Å². The average molecular weight is 572 g/mol. The van der Waals surface area contributed by atoms with E-state index in [1.165, 1.54) is 23.6 Å². The quantitative estimate of drug-likeness (QED) is 0.326. The standard InChI is InChI=1S/C30H33N7O5/c1-7-42-27(39)22-21(34(4)29(40)32-23(22)19-12-8-17(2)9-13-19)16-37-24-25(35(5)30(41)36(6)26(24)38)33-28(37)31-20-14-10-18(3)11-15-20/h8-15,23H,7,16H2,1-6H3,(H,31,33)(H,32,40). The van der Waals surface area contributed by atoms with Gasteiger partial charge in [0.1, 0.15) is 0 Å². The van der Waals surface area contributed by atoms with Crippen LogP contribution in [-0.2, 0) is 30.2 Å². The number of nitrogens with zero attached hydrogens (tertiary/aromatic N) is 5. The molecule has 0 spiro atoms. The molecule has 12 heteroatoms. The third kappa shape index (κ3) is 4.95. The summed E-state index contributed by atoms with van der Waals surface area (Å²) in [4.78, 5) is 59.1. The van der Waals surface area contributed by atoms with Gasteiger partial charge in [0.25, 0.3) is 5.56 Å². The van der Waals surface area contributed by atoms with E-state index < -0.39 is 29.3 Å². The highest BCUT2D eigenvalue weighted by Gasteiger charge is 2.37. The number of allylic oxidation sites excluding steroid dienone is 1. The summed E-state index contributed by atoms with van der Waals surface area (Å²) in [5.74, 6) is -0.336. The van der Waals surface area contributed by atoms with Crippen molar-refractivity contribution in [1.29, 1.82) is 0 Å². The van der Waals surface area contributed by atoms with Crippen LogP contribution in [0.4, 0.5) is 16.4 Å². The summed E-state index contributed by atoms with van der Waals surface area (Å²) in [5.41, 5.74) is 3.25. The third-order valence-corrected chi connectivity index (χ3v) is 7.45. The number of imidazole rings is 1. The smallest absolute Gasteiger partial charge is 0.338 e. The Morgan fingerprint density at radius 1 is 0.952 bits per heavy atom. The molecule has 0 bridgehead atoms. The molecule has 0 fully saturated rings. The van der Waals surface area contributed by atoms with Crippen LogP contribution in [0.3, 0.4) is 0 Å². The lowest BCUT2D eigenvalue weighted by Crippen LogP contribution is -2.48. The number of ether oxygens (including phenoxy) is 1. The summed E-state index contributed by atoms with van der Waals surface area (Å²) in [6.45, 7) is 5.66. The zero-order chi connectivity index (χ0) is 30.3. The average Bonchev–Trinajstić information content (AvgIpc) is 3.32.